The van der Waals surface area contributed by atoms with E-state index in [0.29, 0.717) is 30.1 Å². The lowest BCUT2D eigenvalue weighted by Crippen LogP contribution is -2.33. The van der Waals surface area contributed by atoms with Crippen LogP contribution in [0.5, 0.6) is 0 Å². The van der Waals surface area contributed by atoms with Gasteiger partial charge in [0.2, 0.25) is 17.7 Å². The van der Waals surface area contributed by atoms with Gasteiger partial charge in [-0.15, -0.1) is 23.1 Å². The molecule has 1 aliphatic heterocycles. The molecule has 0 spiro atoms. The number of carbonyl (C=O) groups excluding carboxylic acids is 3. The van der Waals surface area contributed by atoms with Crippen LogP contribution in [-0.4, -0.2) is 34.4 Å². The number of nitriles is 1. The molecule has 0 radical (unpaired) electrons. The van der Waals surface area contributed by atoms with Crippen molar-refractivity contribution in [1.29, 1.82) is 5.26 Å². The standard InChI is InChI=1S/C23H24N4O3S2/c1-13(31-17-5-3-4-16(10-17)25-22(30)15-6-7-15)21(29)26-23-19(11-24)18-8-9-27(14(2)28)12-20(18)32-23/h3-5,10,13,15H,6-9,12H2,1-2H3,(H,25,30)(H,26,29). The van der Waals surface area contributed by atoms with Crippen molar-refractivity contribution in [1.82, 2.24) is 4.90 Å². The van der Waals surface area contributed by atoms with Crippen LogP contribution < -0.4 is 10.6 Å². The van der Waals surface area contributed by atoms with E-state index < -0.39 is 5.25 Å². The third-order valence-electron chi connectivity index (χ3n) is 5.58. The average Bonchev–Trinajstić information content (AvgIpc) is 3.55. The van der Waals surface area contributed by atoms with Gasteiger partial charge in [-0.05, 0) is 49.9 Å². The summed E-state index contributed by atoms with van der Waals surface area (Å²) in [7, 11) is 0. The van der Waals surface area contributed by atoms with Crippen LogP contribution in [0.15, 0.2) is 29.2 Å². The molecule has 7 nitrogen and oxygen atoms in total. The van der Waals surface area contributed by atoms with Gasteiger partial charge in [-0.3, -0.25) is 14.4 Å². The van der Waals surface area contributed by atoms with Crippen molar-refractivity contribution in [2.75, 3.05) is 17.2 Å². The van der Waals surface area contributed by atoms with E-state index in [4.69, 9.17) is 0 Å². The number of thiophene rings is 1. The predicted molar refractivity (Wildman–Crippen MR) is 126 cm³/mol. The van der Waals surface area contributed by atoms with Gasteiger partial charge in [-0.2, -0.15) is 5.26 Å². The van der Waals surface area contributed by atoms with Gasteiger partial charge in [-0.1, -0.05) is 6.07 Å². The molecule has 9 heteroatoms. The molecule has 1 aromatic carbocycles. The van der Waals surface area contributed by atoms with Crippen molar-refractivity contribution in [3.05, 3.63) is 40.3 Å². The molecule has 2 aliphatic rings. The number of anilines is 2. The summed E-state index contributed by atoms with van der Waals surface area (Å²) in [6.45, 7) is 4.41. The van der Waals surface area contributed by atoms with Gasteiger partial charge in [0.15, 0.2) is 0 Å². The average molecular weight is 469 g/mol. The number of thioether (sulfide) groups is 1. The topological polar surface area (TPSA) is 102 Å². The number of fused-ring (bicyclic) bond motifs is 1. The molecule has 1 unspecified atom stereocenters. The monoisotopic (exact) mass is 468 g/mol. The summed E-state index contributed by atoms with van der Waals surface area (Å²) in [6.07, 6.45) is 2.51. The Labute approximate surface area is 195 Å². The molecule has 32 heavy (non-hydrogen) atoms. The molecule has 1 fully saturated rings. The molecule has 1 aromatic heterocycles. The van der Waals surface area contributed by atoms with Gasteiger partial charge in [0, 0.05) is 34.8 Å². The summed E-state index contributed by atoms with van der Waals surface area (Å²) in [6, 6.07) is 9.70. The molecule has 166 valence electrons. The Hall–Kier alpha value is -2.83. The highest BCUT2D eigenvalue weighted by molar-refractivity contribution is 8.00. The third-order valence-corrected chi connectivity index (χ3v) is 7.81. The molecule has 2 N–H and O–H groups in total. The lowest BCUT2D eigenvalue weighted by Gasteiger charge is -2.25. The summed E-state index contributed by atoms with van der Waals surface area (Å²) in [5.41, 5.74) is 2.17. The van der Waals surface area contributed by atoms with Gasteiger partial charge < -0.3 is 15.5 Å². The minimum absolute atomic E-state index is 0.00807. The smallest absolute Gasteiger partial charge is 0.238 e. The van der Waals surface area contributed by atoms with Gasteiger partial charge in [0.1, 0.15) is 11.1 Å². The minimum Gasteiger partial charge on any atom is -0.337 e. The Bertz CT molecular complexity index is 1120. The molecule has 3 amide bonds. The van der Waals surface area contributed by atoms with E-state index in [1.807, 2.05) is 31.2 Å². The van der Waals surface area contributed by atoms with Gasteiger partial charge in [-0.25, -0.2) is 0 Å². The maximum Gasteiger partial charge on any atom is 0.238 e. The summed E-state index contributed by atoms with van der Waals surface area (Å²) >= 11 is 2.77. The van der Waals surface area contributed by atoms with E-state index in [0.717, 1.165) is 33.9 Å². The second-order valence-corrected chi connectivity index (χ2v) is 10.6. The largest absolute Gasteiger partial charge is 0.337 e. The molecular weight excluding hydrogens is 444 g/mol. The van der Waals surface area contributed by atoms with E-state index in [1.165, 1.54) is 30.0 Å². The molecule has 0 saturated heterocycles. The molecule has 1 atom stereocenters. The zero-order chi connectivity index (χ0) is 22.8. The minimum atomic E-state index is -0.399. The van der Waals surface area contributed by atoms with Crippen molar-refractivity contribution in [3.8, 4) is 6.07 Å². The first kappa shape index (κ1) is 22.4. The Morgan fingerprint density at radius 1 is 1.28 bits per heavy atom. The predicted octanol–water partition coefficient (Wildman–Crippen LogP) is 3.99. The molecule has 4 rings (SSSR count). The van der Waals surface area contributed by atoms with Gasteiger partial charge in [0.25, 0.3) is 0 Å². The van der Waals surface area contributed by atoms with Crippen LogP contribution in [0.25, 0.3) is 0 Å². The van der Waals surface area contributed by atoms with Crippen molar-refractivity contribution < 1.29 is 14.4 Å². The number of hydrogen-bond acceptors (Lipinski definition) is 6. The maximum absolute atomic E-state index is 12.9. The number of carbonyl (C=O) groups is 3. The molecule has 1 aliphatic carbocycles. The van der Waals surface area contributed by atoms with E-state index in [2.05, 4.69) is 16.7 Å². The Balaban J connectivity index is 1.42. The first-order valence-corrected chi connectivity index (χ1v) is 12.2. The first-order chi connectivity index (χ1) is 15.4. The fourth-order valence-electron chi connectivity index (χ4n) is 3.59. The van der Waals surface area contributed by atoms with Crippen molar-refractivity contribution in [2.24, 2.45) is 5.92 Å². The summed E-state index contributed by atoms with van der Waals surface area (Å²) < 4.78 is 0. The SMILES string of the molecule is CC(=O)N1CCc2c(sc(NC(=O)C(C)Sc3cccc(NC(=O)C4CC4)c3)c2C#N)C1. The Kier molecular flexibility index (Phi) is 6.53. The molecular formula is C23H24N4O3S2. The molecule has 1 saturated carbocycles. The third kappa shape index (κ3) is 4.97. The number of amides is 3. The first-order valence-electron chi connectivity index (χ1n) is 10.5. The van der Waals surface area contributed by atoms with Crippen LogP contribution in [0.2, 0.25) is 0 Å². The van der Waals surface area contributed by atoms with Crippen LogP contribution in [0.1, 0.15) is 42.7 Å². The van der Waals surface area contributed by atoms with E-state index in [1.54, 1.807) is 4.90 Å². The second kappa shape index (κ2) is 9.35. The number of rotatable bonds is 6. The highest BCUT2D eigenvalue weighted by atomic mass is 32.2. The Morgan fingerprint density at radius 2 is 2.06 bits per heavy atom. The quantitative estimate of drug-likeness (QED) is 0.624. The van der Waals surface area contributed by atoms with Crippen molar-refractivity contribution in [2.45, 2.75) is 49.8 Å². The van der Waals surface area contributed by atoms with Gasteiger partial charge in [0.05, 0.1) is 17.4 Å². The van der Waals surface area contributed by atoms with Crippen LogP contribution in [0.3, 0.4) is 0 Å². The van der Waals surface area contributed by atoms with Crippen LogP contribution in [0, 0.1) is 17.2 Å². The maximum atomic E-state index is 12.9. The summed E-state index contributed by atoms with van der Waals surface area (Å²) in [5, 5.41) is 15.6. The lowest BCUT2D eigenvalue weighted by molar-refractivity contribution is -0.129. The van der Waals surface area contributed by atoms with E-state index in [-0.39, 0.29) is 23.6 Å². The number of benzene rings is 1. The zero-order valence-electron chi connectivity index (χ0n) is 17.9. The highest BCUT2D eigenvalue weighted by Gasteiger charge is 2.30. The van der Waals surface area contributed by atoms with Gasteiger partial charge >= 0.3 is 0 Å². The van der Waals surface area contributed by atoms with E-state index in [9.17, 15) is 19.6 Å². The van der Waals surface area contributed by atoms with Crippen LogP contribution in [-0.2, 0) is 27.3 Å². The highest BCUT2D eigenvalue weighted by Crippen LogP contribution is 2.37. The lowest BCUT2D eigenvalue weighted by atomic mass is 10.0. The van der Waals surface area contributed by atoms with Crippen LogP contribution in [0.4, 0.5) is 10.7 Å². The number of hydrogen-bond donors (Lipinski definition) is 2. The molecule has 2 aromatic rings. The van der Waals surface area contributed by atoms with Crippen molar-refractivity contribution >= 4 is 51.5 Å². The van der Waals surface area contributed by atoms with E-state index >= 15 is 0 Å². The summed E-state index contributed by atoms with van der Waals surface area (Å²) in [4.78, 5) is 40.1. The fraction of sp³-hybridized carbons (Fsp3) is 0.391. The zero-order valence-corrected chi connectivity index (χ0v) is 19.6. The molecule has 0 bridgehead atoms. The Morgan fingerprint density at radius 3 is 2.75 bits per heavy atom. The van der Waals surface area contributed by atoms with Crippen molar-refractivity contribution in [3.63, 3.8) is 0 Å². The second-order valence-electron chi connectivity index (χ2n) is 8.05. The molecule has 2 heterocycles. The number of nitrogens with zero attached hydrogens (tertiary/aromatic N) is 2. The fourth-order valence-corrected chi connectivity index (χ4v) is 5.73. The summed E-state index contributed by atoms with van der Waals surface area (Å²) in [5.74, 6) is -0.00822. The van der Waals surface area contributed by atoms with Crippen LogP contribution >= 0.6 is 23.1 Å². The number of nitrogens with one attached hydrogen (secondary N) is 2. The normalized spacial score (nSPS) is 16.0.